The number of aryl methyl sites for hydroxylation is 1. The van der Waals surface area contributed by atoms with E-state index >= 15 is 0 Å². The van der Waals surface area contributed by atoms with Crippen LogP contribution in [0.2, 0.25) is 0 Å². The van der Waals surface area contributed by atoms with Gasteiger partial charge in [0.15, 0.2) is 9.84 Å². The molecule has 24 heavy (non-hydrogen) atoms. The predicted octanol–water partition coefficient (Wildman–Crippen LogP) is 1.45. The molecular formula is C16H24N4O3S. The number of amides is 1. The van der Waals surface area contributed by atoms with E-state index in [1.165, 1.54) is 6.42 Å². The maximum absolute atomic E-state index is 12.4. The number of hydrogen-bond acceptors (Lipinski definition) is 6. The van der Waals surface area contributed by atoms with Gasteiger partial charge in [-0.05, 0) is 32.3 Å². The van der Waals surface area contributed by atoms with Crippen molar-refractivity contribution in [3.63, 3.8) is 0 Å². The van der Waals surface area contributed by atoms with Gasteiger partial charge in [-0.2, -0.15) is 0 Å². The quantitative estimate of drug-likeness (QED) is 0.850. The number of rotatable bonds is 4. The highest BCUT2D eigenvalue weighted by Gasteiger charge is 2.28. The molecule has 0 spiro atoms. The number of carbonyl (C=O) groups excluding carboxylic acids is 1. The zero-order valence-electron chi connectivity index (χ0n) is 13.9. The Balaban J connectivity index is 1.67. The highest BCUT2D eigenvalue weighted by molar-refractivity contribution is 7.91. The summed E-state index contributed by atoms with van der Waals surface area (Å²) in [6.45, 7) is 1.80. The first-order chi connectivity index (χ1) is 11.4. The molecule has 8 heteroatoms. The van der Waals surface area contributed by atoms with Crippen LogP contribution in [0.1, 0.15) is 54.7 Å². The molecule has 2 N–H and O–H groups in total. The minimum atomic E-state index is -2.97. The molecule has 132 valence electrons. The lowest BCUT2D eigenvalue weighted by molar-refractivity contribution is 0.0922. The van der Waals surface area contributed by atoms with E-state index in [1.54, 1.807) is 13.0 Å². The summed E-state index contributed by atoms with van der Waals surface area (Å²) in [6.07, 6.45) is 6.11. The largest absolute Gasteiger partial charge is 0.350 e. The molecule has 1 aromatic heterocycles. The molecule has 1 saturated heterocycles. The maximum Gasteiger partial charge on any atom is 0.270 e. The zero-order chi connectivity index (χ0) is 17.2. The van der Waals surface area contributed by atoms with E-state index in [2.05, 4.69) is 20.6 Å². The maximum atomic E-state index is 12.4. The molecule has 2 heterocycles. The average Bonchev–Trinajstić information content (AvgIpc) is 2.86. The minimum Gasteiger partial charge on any atom is -0.350 e. The van der Waals surface area contributed by atoms with Gasteiger partial charge < -0.3 is 10.6 Å². The van der Waals surface area contributed by atoms with Crippen LogP contribution in [0.4, 0.5) is 5.95 Å². The molecule has 1 aromatic rings. The first kappa shape index (κ1) is 17.1. The fourth-order valence-corrected chi connectivity index (χ4v) is 5.02. The zero-order valence-corrected chi connectivity index (χ0v) is 14.7. The summed E-state index contributed by atoms with van der Waals surface area (Å²) in [6, 6.07) is 1.69. The summed E-state index contributed by atoms with van der Waals surface area (Å²) in [4.78, 5) is 21.0. The van der Waals surface area contributed by atoms with Gasteiger partial charge in [0, 0.05) is 17.8 Å². The van der Waals surface area contributed by atoms with Crippen LogP contribution >= 0.6 is 0 Å². The number of sulfone groups is 1. The second kappa shape index (κ2) is 7.04. The Kier molecular flexibility index (Phi) is 5.03. The summed E-state index contributed by atoms with van der Waals surface area (Å²) in [5.41, 5.74) is 1.01. The highest BCUT2D eigenvalue weighted by Crippen LogP contribution is 2.19. The third-order valence-electron chi connectivity index (χ3n) is 4.59. The predicted molar refractivity (Wildman–Crippen MR) is 91.8 cm³/mol. The first-order valence-electron chi connectivity index (χ1n) is 8.55. The Bertz CT molecular complexity index is 714. The summed E-state index contributed by atoms with van der Waals surface area (Å²) in [5.74, 6) is 0.416. The minimum absolute atomic E-state index is 0.0912. The lowest BCUT2D eigenvalue weighted by Gasteiger charge is -2.22. The van der Waals surface area contributed by atoms with Gasteiger partial charge in [0.25, 0.3) is 5.91 Å². The number of nitrogens with zero attached hydrogens (tertiary/aromatic N) is 2. The van der Waals surface area contributed by atoms with Gasteiger partial charge in [0.1, 0.15) is 5.69 Å². The molecule has 2 aliphatic rings. The van der Waals surface area contributed by atoms with Crippen molar-refractivity contribution in [1.29, 1.82) is 0 Å². The van der Waals surface area contributed by atoms with Crippen LogP contribution in [0.5, 0.6) is 0 Å². The van der Waals surface area contributed by atoms with Gasteiger partial charge in [0.05, 0.1) is 11.5 Å². The fraction of sp³-hybridized carbons (Fsp3) is 0.688. The van der Waals surface area contributed by atoms with E-state index in [-0.39, 0.29) is 29.5 Å². The van der Waals surface area contributed by atoms with Crippen molar-refractivity contribution in [2.45, 2.75) is 57.5 Å². The molecule has 3 rings (SSSR count). The van der Waals surface area contributed by atoms with Crippen LogP contribution < -0.4 is 10.6 Å². The summed E-state index contributed by atoms with van der Waals surface area (Å²) in [7, 11) is -2.97. The summed E-state index contributed by atoms with van der Waals surface area (Å²) >= 11 is 0. The Morgan fingerprint density at radius 2 is 1.88 bits per heavy atom. The van der Waals surface area contributed by atoms with Gasteiger partial charge in [-0.15, -0.1) is 0 Å². The lowest BCUT2D eigenvalue weighted by atomic mass is 9.95. The van der Waals surface area contributed by atoms with E-state index in [9.17, 15) is 13.2 Å². The van der Waals surface area contributed by atoms with Gasteiger partial charge in [-0.1, -0.05) is 19.3 Å². The molecule has 1 unspecified atom stereocenters. The number of anilines is 1. The van der Waals surface area contributed by atoms with E-state index in [1.807, 2.05) is 0 Å². The van der Waals surface area contributed by atoms with Crippen molar-refractivity contribution >= 4 is 21.7 Å². The second-order valence-electron chi connectivity index (χ2n) is 6.77. The molecular weight excluding hydrogens is 328 g/mol. The topological polar surface area (TPSA) is 101 Å². The van der Waals surface area contributed by atoms with Crippen molar-refractivity contribution in [1.82, 2.24) is 15.3 Å². The van der Waals surface area contributed by atoms with Crippen molar-refractivity contribution in [2.75, 3.05) is 16.8 Å². The fourth-order valence-electron chi connectivity index (χ4n) is 3.35. The molecule has 0 radical (unpaired) electrons. The molecule has 0 bridgehead atoms. The monoisotopic (exact) mass is 352 g/mol. The molecule has 1 aliphatic heterocycles. The van der Waals surface area contributed by atoms with Crippen LogP contribution in [0, 0.1) is 6.92 Å². The number of nitrogens with one attached hydrogen (secondary N) is 2. The van der Waals surface area contributed by atoms with Gasteiger partial charge in [0.2, 0.25) is 5.95 Å². The van der Waals surface area contributed by atoms with Crippen LogP contribution in [0.3, 0.4) is 0 Å². The normalized spacial score (nSPS) is 23.8. The number of hydrogen-bond donors (Lipinski definition) is 2. The standard InChI is InChI=1S/C16H24N4O3S/c1-11-9-14(15(21)18-12-5-3-2-4-6-12)20-16(17-11)19-13-7-8-24(22,23)10-13/h9,12-13H,2-8,10H2,1H3,(H,18,21)(H,17,19,20). The lowest BCUT2D eigenvalue weighted by Crippen LogP contribution is -2.36. The first-order valence-corrected chi connectivity index (χ1v) is 10.4. The highest BCUT2D eigenvalue weighted by atomic mass is 32.2. The molecule has 1 saturated carbocycles. The third kappa shape index (κ3) is 4.43. The Hall–Kier alpha value is -1.70. The van der Waals surface area contributed by atoms with Crippen molar-refractivity contribution in [3.05, 3.63) is 17.5 Å². The SMILES string of the molecule is Cc1cc(C(=O)NC2CCCCC2)nc(NC2CCS(=O)(=O)C2)n1. The van der Waals surface area contributed by atoms with Crippen molar-refractivity contribution < 1.29 is 13.2 Å². The van der Waals surface area contributed by atoms with Crippen molar-refractivity contribution in [2.24, 2.45) is 0 Å². The number of carbonyl (C=O) groups is 1. The molecule has 1 amide bonds. The van der Waals surface area contributed by atoms with Gasteiger partial charge >= 0.3 is 0 Å². The van der Waals surface area contributed by atoms with Gasteiger partial charge in [-0.25, -0.2) is 18.4 Å². The second-order valence-corrected chi connectivity index (χ2v) is 9.00. The van der Waals surface area contributed by atoms with Gasteiger partial charge in [-0.3, -0.25) is 4.79 Å². The number of aromatic nitrogens is 2. The van der Waals surface area contributed by atoms with E-state index in [0.29, 0.717) is 23.8 Å². The Labute approximate surface area is 142 Å². The molecule has 1 aliphatic carbocycles. The summed E-state index contributed by atoms with van der Waals surface area (Å²) < 4.78 is 23.1. The Morgan fingerprint density at radius 1 is 1.12 bits per heavy atom. The molecule has 2 fully saturated rings. The van der Waals surface area contributed by atoms with E-state index < -0.39 is 9.84 Å². The van der Waals surface area contributed by atoms with Crippen molar-refractivity contribution in [3.8, 4) is 0 Å². The molecule has 0 aromatic carbocycles. The van der Waals surface area contributed by atoms with Crippen LogP contribution in [0.25, 0.3) is 0 Å². The van der Waals surface area contributed by atoms with Crippen LogP contribution in [0.15, 0.2) is 6.07 Å². The van der Waals surface area contributed by atoms with Crippen LogP contribution in [-0.2, 0) is 9.84 Å². The van der Waals surface area contributed by atoms with E-state index in [0.717, 1.165) is 25.7 Å². The average molecular weight is 352 g/mol. The smallest absolute Gasteiger partial charge is 0.270 e. The Morgan fingerprint density at radius 3 is 2.54 bits per heavy atom. The summed E-state index contributed by atoms with van der Waals surface area (Å²) in [5, 5.41) is 6.10. The molecule has 7 nitrogen and oxygen atoms in total. The van der Waals surface area contributed by atoms with E-state index in [4.69, 9.17) is 0 Å². The van der Waals surface area contributed by atoms with Crippen LogP contribution in [-0.4, -0.2) is 47.9 Å². The third-order valence-corrected chi connectivity index (χ3v) is 6.36. The molecule has 1 atom stereocenters.